The Morgan fingerprint density at radius 1 is 1.24 bits per heavy atom. The topological polar surface area (TPSA) is 83.7 Å². The summed E-state index contributed by atoms with van der Waals surface area (Å²) in [5, 5.41) is 0. The van der Waals surface area contributed by atoms with Gasteiger partial charge in [0.25, 0.3) is 0 Å². The van der Waals surface area contributed by atoms with Gasteiger partial charge in [0.05, 0.1) is 18.9 Å². The molecule has 2 N–H and O–H groups in total. The van der Waals surface area contributed by atoms with Gasteiger partial charge in [-0.25, -0.2) is 12.8 Å². The van der Waals surface area contributed by atoms with Gasteiger partial charge in [0.15, 0.2) is 0 Å². The van der Waals surface area contributed by atoms with E-state index in [-0.39, 0.29) is 18.1 Å². The molecule has 132 valence electrons. The van der Waals surface area contributed by atoms with Gasteiger partial charge in [-0.05, 0) is 24.3 Å². The van der Waals surface area contributed by atoms with Gasteiger partial charge in [0, 0.05) is 16.6 Å². The molecule has 6 nitrogen and oxygen atoms in total. The first-order valence-electron chi connectivity index (χ1n) is 7.35. The van der Waals surface area contributed by atoms with Crippen LogP contribution in [-0.4, -0.2) is 31.8 Å². The molecular formula is C16H15BrFN3O3S. The van der Waals surface area contributed by atoms with Crippen LogP contribution < -0.4 is 10.6 Å². The zero-order chi connectivity index (χ0) is 18.2. The third kappa shape index (κ3) is 3.53. The normalized spacial score (nSPS) is 16.5. The van der Waals surface area contributed by atoms with Gasteiger partial charge in [0.1, 0.15) is 10.7 Å². The van der Waals surface area contributed by atoms with Crippen molar-refractivity contribution in [3.8, 4) is 0 Å². The van der Waals surface area contributed by atoms with Gasteiger partial charge in [-0.1, -0.05) is 34.1 Å². The highest BCUT2D eigenvalue weighted by atomic mass is 79.9. The average molecular weight is 428 g/mol. The largest absolute Gasteiger partial charge is 0.369 e. The number of halogens is 2. The minimum Gasteiger partial charge on any atom is -0.369 e. The molecule has 1 amide bonds. The Kier molecular flexibility index (Phi) is 4.81. The van der Waals surface area contributed by atoms with Gasteiger partial charge >= 0.3 is 0 Å². The maximum Gasteiger partial charge on any atom is 0.247 e. The van der Waals surface area contributed by atoms with E-state index >= 15 is 0 Å². The van der Waals surface area contributed by atoms with E-state index < -0.39 is 28.3 Å². The molecule has 25 heavy (non-hydrogen) atoms. The Morgan fingerprint density at radius 2 is 1.96 bits per heavy atom. The SMILES string of the molecule is NC(=O)CN1CN(Cc2ccc(Br)cc2F)c2ccccc2S1(=O)=O. The molecule has 0 saturated carbocycles. The average Bonchev–Trinajstić information content (AvgIpc) is 2.54. The lowest BCUT2D eigenvalue weighted by molar-refractivity contribution is -0.118. The van der Waals surface area contributed by atoms with Crippen LogP contribution >= 0.6 is 15.9 Å². The molecule has 1 heterocycles. The van der Waals surface area contributed by atoms with Crippen LogP contribution in [0.3, 0.4) is 0 Å². The first-order valence-corrected chi connectivity index (χ1v) is 9.58. The Morgan fingerprint density at radius 3 is 2.64 bits per heavy atom. The summed E-state index contributed by atoms with van der Waals surface area (Å²) in [6.45, 7) is -0.366. The second kappa shape index (κ2) is 6.74. The lowest BCUT2D eigenvalue weighted by Crippen LogP contribution is -2.49. The van der Waals surface area contributed by atoms with Crippen LogP contribution in [0, 0.1) is 5.82 Å². The highest BCUT2D eigenvalue weighted by Gasteiger charge is 2.36. The molecule has 0 atom stereocenters. The monoisotopic (exact) mass is 427 g/mol. The molecule has 3 rings (SSSR count). The van der Waals surface area contributed by atoms with Crippen LogP contribution in [0.1, 0.15) is 5.56 Å². The second-order valence-electron chi connectivity index (χ2n) is 5.62. The van der Waals surface area contributed by atoms with E-state index in [4.69, 9.17) is 5.73 Å². The summed E-state index contributed by atoms with van der Waals surface area (Å²) in [6, 6.07) is 11.1. The number of nitrogens with two attached hydrogens (primary N) is 1. The molecule has 0 aromatic heterocycles. The van der Waals surface area contributed by atoms with E-state index in [1.165, 1.54) is 12.1 Å². The van der Waals surface area contributed by atoms with Gasteiger partial charge in [0.2, 0.25) is 15.9 Å². The molecule has 0 saturated heterocycles. The molecule has 1 aliphatic heterocycles. The van der Waals surface area contributed by atoms with E-state index in [1.54, 1.807) is 35.2 Å². The lowest BCUT2D eigenvalue weighted by atomic mass is 10.2. The Balaban J connectivity index is 2.02. The summed E-state index contributed by atoms with van der Waals surface area (Å²) < 4.78 is 41.1. The number of carbonyl (C=O) groups is 1. The first-order chi connectivity index (χ1) is 11.8. The summed E-state index contributed by atoms with van der Waals surface area (Å²) in [5.74, 6) is -1.15. The van der Waals surface area contributed by atoms with Crippen molar-refractivity contribution in [1.82, 2.24) is 4.31 Å². The number of sulfonamides is 1. The van der Waals surface area contributed by atoms with Crippen molar-refractivity contribution in [2.45, 2.75) is 11.4 Å². The zero-order valence-corrected chi connectivity index (χ0v) is 15.4. The van der Waals surface area contributed by atoms with Crippen LogP contribution in [0.15, 0.2) is 51.8 Å². The second-order valence-corrected chi connectivity index (χ2v) is 8.45. The molecule has 0 radical (unpaired) electrons. The van der Waals surface area contributed by atoms with Crippen LogP contribution in [-0.2, 0) is 21.4 Å². The molecule has 2 aromatic carbocycles. The molecule has 0 fully saturated rings. The predicted octanol–water partition coefficient (Wildman–Crippen LogP) is 2.04. The van der Waals surface area contributed by atoms with Gasteiger partial charge < -0.3 is 10.6 Å². The van der Waals surface area contributed by atoms with E-state index in [0.29, 0.717) is 15.7 Å². The Hall–Kier alpha value is -1.97. The first kappa shape index (κ1) is 17.8. The van der Waals surface area contributed by atoms with Crippen molar-refractivity contribution in [3.05, 3.63) is 58.3 Å². The third-order valence-corrected chi connectivity index (χ3v) is 6.18. The number of anilines is 1. The predicted molar refractivity (Wildman–Crippen MR) is 94.7 cm³/mol. The number of amides is 1. The maximum absolute atomic E-state index is 14.2. The van der Waals surface area contributed by atoms with Crippen LogP contribution in [0.25, 0.3) is 0 Å². The lowest BCUT2D eigenvalue weighted by Gasteiger charge is -2.37. The number of nitrogens with zero attached hydrogens (tertiary/aromatic N) is 2. The summed E-state index contributed by atoms with van der Waals surface area (Å²) >= 11 is 3.21. The number of hydrogen-bond donors (Lipinski definition) is 1. The summed E-state index contributed by atoms with van der Waals surface area (Å²) in [6.07, 6.45) is 0. The number of para-hydroxylation sites is 1. The quantitative estimate of drug-likeness (QED) is 0.808. The smallest absolute Gasteiger partial charge is 0.247 e. The van der Waals surface area contributed by atoms with Crippen molar-refractivity contribution in [1.29, 1.82) is 0 Å². The Labute approximate surface area is 153 Å². The minimum absolute atomic E-state index is 0.0695. The van der Waals surface area contributed by atoms with E-state index in [2.05, 4.69) is 15.9 Å². The van der Waals surface area contributed by atoms with Crippen LogP contribution in [0.2, 0.25) is 0 Å². The number of carbonyl (C=O) groups excluding carboxylic acids is 1. The fraction of sp³-hybridized carbons (Fsp3) is 0.188. The molecule has 0 bridgehead atoms. The molecule has 0 unspecified atom stereocenters. The fourth-order valence-electron chi connectivity index (χ4n) is 2.72. The molecule has 0 aliphatic carbocycles. The fourth-order valence-corrected chi connectivity index (χ4v) is 4.63. The van der Waals surface area contributed by atoms with E-state index in [1.807, 2.05) is 0 Å². The van der Waals surface area contributed by atoms with Gasteiger partial charge in [-0.2, -0.15) is 4.31 Å². The van der Waals surface area contributed by atoms with E-state index in [0.717, 1.165) is 4.31 Å². The molecular weight excluding hydrogens is 413 g/mol. The minimum atomic E-state index is -3.83. The standard InChI is InChI=1S/C16H15BrFN3O3S/c17-12-6-5-11(13(18)7-12)8-20-10-21(9-16(19)22)25(23,24)15-4-2-1-3-14(15)20/h1-7H,8-10H2,(H2,19,22). The summed E-state index contributed by atoms with van der Waals surface area (Å²) in [5.41, 5.74) is 6.05. The number of primary amides is 1. The van der Waals surface area contributed by atoms with Crippen LogP contribution in [0.4, 0.5) is 10.1 Å². The highest BCUT2D eigenvalue weighted by Crippen LogP contribution is 2.34. The number of rotatable bonds is 4. The highest BCUT2D eigenvalue weighted by molar-refractivity contribution is 9.10. The Bertz CT molecular complexity index is 936. The molecule has 1 aliphatic rings. The molecule has 9 heteroatoms. The van der Waals surface area contributed by atoms with Crippen molar-refractivity contribution in [2.24, 2.45) is 5.73 Å². The summed E-state index contributed by atoms with van der Waals surface area (Å²) in [4.78, 5) is 13.0. The molecule has 0 spiro atoms. The van der Waals surface area contributed by atoms with Crippen LogP contribution in [0.5, 0.6) is 0 Å². The van der Waals surface area contributed by atoms with E-state index in [9.17, 15) is 17.6 Å². The van der Waals surface area contributed by atoms with Crippen molar-refractivity contribution >= 4 is 37.5 Å². The van der Waals surface area contributed by atoms with Gasteiger partial charge in [-0.15, -0.1) is 0 Å². The number of hydrogen-bond acceptors (Lipinski definition) is 4. The number of fused-ring (bicyclic) bond motifs is 1. The number of benzene rings is 2. The maximum atomic E-state index is 14.2. The van der Waals surface area contributed by atoms with Gasteiger partial charge in [-0.3, -0.25) is 4.79 Å². The van der Waals surface area contributed by atoms with Crippen molar-refractivity contribution in [3.63, 3.8) is 0 Å². The summed E-state index contributed by atoms with van der Waals surface area (Å²) in [7, 11) is -3.83. The van der Waals surface area contributed by atoms with Crippen molar-refractivity contribution < 1.29 is 17.6 Å². The van der Waals surface area contributed by atoms with Crippen molar-refractivity contribution in [2.75, 3.05) is 18.1 Å². The molecule has 2 aromatic rings. The third-order valence-electron chi connectivity index (χ3n) is 3.86. The zero-order valence-electron chi connectivity index (χ0n) is 13.0.